The van der Waals surface area contributed by atoms with Crippen LogP contribution in [0.4, 0.5) is 0 Å². The molecule has 0 bridgehead atoms. The van der Waals surface area contributed by atoms with E-state index in [1.54, 1.807) is 24.3 Å². The number of halogens is 6. The van der Waals surface area contributed by atoms with Crippen molar-refractivity contribution >= 4 is 150 Å². The molecule has 4 rings (SSSR count). The van der Waals surface area contributed by atoms with Gasteiger partial charge in [-0.1, -0.05) is 15.9 Å². The maximum Gasteiger partial charge on any atom is 1.00 e. The first-order chi connectivity index (χ1) is 14.5. The van der Waals surface area contributed by atoms with E-state index in [2.05, 4.69) is 31.9 Å². The molecule has 3 N–H and O–H groups in total. The predicted molar refractivity (Wildman–Crippen MR) is 160 cm³/mol. The molecule has 0 saturated carbocycles. The summed E-state index contributed by atoms with van der Waals surface area (Å²) in [5.74, 6) is -0.912. The summed E-state index contributed by atoms with van der Waals surface area (Å²) in [4.78, 5) is 12.2. The van der Waals surface area contributed by atoms with Crippen molar-refractivity contribution in [3.05, 3.63) is 53.1 Å². The molecule has 4 aromatic rings. The minimum Gasteiger partial charge on any atom is -0.505 e. The molecule has 0 saturated heterocycles. The van der Waals surface area contributed by atoms with Gasteiger partial charge in [0.1, 0.15) is 0 Å². The molecule has 0 fully saturated rings. The molecule has 1 aromatic heterocycles. The van der Waals surface area contributed by atoms with E-state index < -0.39 is 5.97 Å². The maximum absolute atomic E-state index is 12.2. The molecule has 32 heavy (non-hydrogen) atoms. The Morgan fingerprint density at radius 1 is 0.844 bits per heavy atom. The van der Waals surface area contributed by atoms with Gasteiger partial charge in [-0.2, -0.15) is 0 Å². The molecule has 5 nitrogen and oxygen atoms in total. The molecule has 158 valence electrons. The van der Waals surface area contributed by atoms with Crippen molar-refractivity contribution in [2.45, 2.75) is 0 Å². The van der Waals surface area contributed by atoms with E-state index in [0.717, 1.165) is 0 Å². The van der Waals surface area contributed by atoms with Crippen LogP contribution in [0, 0.1) is 14.3 Å². The SMILES string of the molecule is O=C(O)c1c(Br)cc(Br)cc1-c1c2cc(I)c(O)c(I)c2[o+]c2c(I)c(O)c(I)cc12.[Na+]. The zero-order chi connectivity index (χ0) is 22.8. The van der Waals surface area contributed by atoms with Gasteiger partial charge in [-0.3, -0.25) is 0 Å². The number of carbonyl (C=O) groups is 1. The standard InChI is InChI=1S/C20H6Br2I4O5.Na/c21-5-1-6(13(20(29)30)9(22)2-5)12-7-3-10(23)16(27)14(25)18(7)31-19-8(12)4-11(24)17(28)15(19)26;/h1-4H,(H2-,27,28,29,30);/q;+1/p+1. The number of carboxylic acid groups (broad SMARTS) is 1. The van der Waals surface area contributed by atoms with Crippen molar-refractivity contribution in [2.75, 3.05) is 0 Å². The third kappa shape index (κ3) is 4.80. The number of aromatic hydroxyl groups is 2. The van der Waals surface area contributed by atoms with Crippen LogP contribution in [-0.2, 0) is 0 Å². The first-order valence-electron chi connectivity index (χ1n) is 8.23. The van der Waals surface area contributed by atoms with Gasteiger partial charge in [0.15, 0.2) is 18.6 Å². The Balaban J connectivity index is 0.00000289. The van der Waals surface area contributed by atoms with E-state index >= 15 is 0 Å². The van der Waals surface area contributed by atoms with Gasteiger partial charge in [0, 0.05) is 20.1 Å². The summed E-state index contributed by atoms with van der Waals surface area (Å²) in [6.07, 6.45) is 0. The van der Waals surface area contributed by atoms with Gasteiger partial charge < -0.3 is 15.3 Å². The maximum atomic E-state index is 12.2. The van der Waals surface area contributed by atoms with Crippen LogP contribution >= 0.6 is 122 Å². The van der Waals surface area contributed by atoms with E-state index in [9.17, 15) is 20.1 Å². The summed E-state index contributed by atoms with van der Waals surface area (Å²) >= 11 is 15.0. The van der Waals surface area contributed by atoms with Crippen LogP contribution in [0.15, 0.2) is 37.6 Å². The quantitative estimate of drug-likeness (QED) is 0.106. The second-order valence-electron chi connectivity index (χ2n) is 6.39. The zero-order valence-electron chi connectivity index (χ0n) is 15.7. The third-order valence-electron chi connectivity index (χ3n) is 4.58. The monoisotopic (exact) mass is 1020 g/mol. The van der Waals surface area contributed by atoms with Gasteiger partial charge >= 0.3 is 46.7 Å². The fourth-order valence-corrected chi connectivity index (χ4v) is 8.25. The molecule has 0 radical (unpaired) electrons. The predicted octanol–water partition coefficient (Wildman–Crippen LogP) is 5.59. The molecule has 0 aliphatic rings. The Kier molecular flexibility index (Phi) is 9.33. The minimum absolute atomic E-state index is 0. The van der Waals surface area contributed by atoms with Crippen molar-refractivity contribution in [1.82, 2.24) is 0 Å². The summed E-state index contributed by atoms with van der Waals surface area (Å²) in [5, 5.41) is 32.3. The zero-order valence-corrected chi connectivity index (χ0v) is 29.5. The average molecular weight is 1020 g/mol. The van der Waals surface area contributed by atoms with Crippen molar-refractivity contribution in [3.63, 3.8) is 0 Å². The molecular formula is C20H7Br2I4NaO5+2. The van der Waals surface area contributed by atoms with E-state index in [0.29, 0.717) is 56.3 Å². The number of carboxylic acids is 1. The number of rotatable bonds is 2. The van der Waals surface area contributed by atoms with Crippen LogP contribution in [-0.4, -0.2) is 21.3 Å². The second kappa shape index (κ2) is 10.7. The number of hydrogen-bond donors (Lipinski definition) is 3. The van der Waals surface area contributed by atoms with Gasteiger partial charge in [0.2, 0.25) is 0 Å². The third-order valence-corrected chi connectivity index (χ3v) is 9.31. The van der Waals surface area contributed by atoms with Crippen molar-refractivity contribution in [3.8, 4) is 22.6 Å². The van der Waals surface area contributed by atoms with Gasteiger partial charge in [-0.25, -0.2) is 9.21 Å². The van der Waals surface area contributed by atoms with Crippen LogP contribution in [0.3, 0.4) is 0 Å². The Morgan fingerprint density at radius 2 is 1.31 bits per heavy atom. The molecule has 0 aliphatic heterocycles. The Morgan fingerprint density at radius 3 is 1.75 bits per heavy atom. The molecule has 0 unspecified atom stereocenters. The number of benzene rings is 3. The molecule has 0 amide bonds. The van der Waals surface area contributed by atoms with Crippen LogP contribution < -0.4 is 29.6 Å². The summed E-state index contributed by atoms with van der Waals surface area (Å²) in [7, 11) is 0. The Hall–Kier alpha value is 1.28. The van der Waals surface area contributed by atoms with E-state index in [1.807, 2.05) is 90.4 Å². The normalized spacial score (nSPS) is 11.1. The van der Waals surface area contributed by atoms with Crippen LogP contribution in [0.2, 0.25) is 0 Å². The first-order valence-corrected chi connectivity index (χ1v) is 14.1. The van der Waals surface area contributed by atoms with E-state index in [4.69, 9.17) is 4.42 Å². The van der Waals surface area contributed by atoms with Crippen molar-refractivity contribution < 1.29 is 54.1 Å². The number of hydrogen-bond acceptors (Lipinski definition) is 3. The fraction of sp³-hybridized carbons (Fsp3) is 0. The molecule has 0 spiro atoms. The van der Waals surface area contributed by atoms with Gasteiger partial charge in [0.25, 0.3) is 0 Å². The Labute approximate surface area is 275 Å². The number of aromatic carboxylic acids is 1. The van der Waals surface area contributed by atoms with Crippen LogP contribution in [0.25, 0.3) is 33.1 Å². The van der Waals surface area contributed by atoms with Crippen LogP contribution in [0.1, 0.15) is 10.4 Å². The molecule has 1 heterocycles. The largest absolute Gasteiger partial charge is 1.00 e. The molecule has 0 aliphatic carbocycles. The van der Waals surface area contributed by atoms with Gasteiger partial charge in [-0.15, -0.1) is 0 Å². The Bertz CT molecular complexity index is 1390. The molecule has 3 aromatic carbocycles. The number of phenolic OH excluding ortho intramolecular Hbond substituents is 2. The van der Waals surface area contributed by atoms with Gasteiger partial charge in [-0.05, 0) is 131 Å². The second-order valence-corrected chi connectivity index (χ2v) is 12.6. The fourth-order valence-electron chi connectivity index (χ4n) is 3.28. The molecule has 12 heteroatoms. The summed E-state index contributed by atoms with van der Waals surface area (Å²) < 4.78 is 9.55. The van der Waals surface area contributed by atoms with Crippen LogP contribution in [0.5, 0.6) is 11.5 Å². The summed E-state index contributed by atoms with van der Waals surface area (Å²) in [6, 6.07) is 6.99. The van der Waals surface area contributed by atoms with E-state index in [-0.39, 0.29) is 46.6 Å². The van der Waals surface area contributed by atoms with Crippen molar-refractivity contribution in [2.24, 2.45) is 0 Å². The summed E-state index contributed by atoms with van der Waals surface area (Å²) in [6.45, 7) is 0. The first kappa shape index (κ1) is 27.9. The average Bonchev–Trinajstić information content (AvgIpc) is 2.68. The smallest absolute Gasteiger partial charge is 0.505 e. The topological polar surface area (TPSA) is 89.1 Å². The molecular weight excluding hydrogens is 1010 g/mol. The number of phenols is 2. The molecule has 0 atom stereocenters. The van der Waals surface area contributed by atoms with Gasteiger partial charge in [0.05, 0.1) is 23.5 Å². The van der Waals surface area contributed by atoms with Crippen molar-refractivity contribution in [1.29, 1.82) is 0 Å². The minimum atomic E-state index is -1.08. The summed E-state index contributed by atoms with van der Waals surface area (Å²) in [5.41, 5.74) is 2.04. The number of fused-ring (bicyclic) bond motifs is 2. The van der Waals surface area contributed by atoms with E-state index in [1.165, 1.54) is 0 Å².